The van der Waals surface area contributed by atoms with Crippen LogP contribution in [-0.2, 0) is 26.2 Å². The Morgan fingerprint density at radius 1 is 0.941 bits per heavy atom. The Balaban J connectivity index is 1.56. The van der Waals surface area contributed by atoms with E-state index in [0.717, 1.165) is 37.0 Å². The summed E-state index contributed by atoms with van der Waals surface area (Å²) in [5, 5.41) is 3.46. The number of hydrogen-bond donors (Lipinski definition) is 0. The lowest BCUT2D eigenvalue weighted by molar-refractivity contribution is -0.122. The summed E-state index contributed by atoms with van der Waals surface area (Å²) in [4.78, 5) is 27.9. The third kappa shape index (κ3) is 4.02. The average molecular weight is 495 g/mol. The molecule has 3 aromatic carbocycles. The van der Waals surface area contributed by atoms with Crippen molar-refractivity contribution < 1.29 is 22.4 Å². The molecular formula is C25H19FN2O4S2. The first-order valence-corrected chi connectivity index (χ1v) is 12.8. The van der Waals surface area contributed by atoms with Crippen molar-refractivity contribution in [1.82, 2.24) is 4.31 Å². The number of halogens is 1. The topological polar surface area (TPSA) is 74.8 Å². The van der Waals surface area contributed by atoms with E-state index in [9.17, 15) is 22.4 Å². The first kappa shape index (κ1) is 22.4. The van der Waals surface area contributed by atoms with E-state index in [1.807, 2.05) is 29.6 Å². The fourth-order valence-corrected chi connectivity index (χ4v) is 6.46. The predicted molar refractivity (Wildman–Crippen MR) is 128 cm³/mol. The second kappa shape index (κ2) is 8.75. The summed E-state index contributed by atoms with van der Waals surface area (Å²) in [6.45, 7) is -0.0478. The van der Waals surface area contributed by atoms with Crippen molar-refractivity contribution in [1.29, 1.82) is 0 Å². The minimum absolute atomic E-state index is 0.0447. The molecule has 4 aromatic rings. The zero-order valence-corrected chi connectivity index (χ0v) is 19.4. The lowest BCUT2D eigenvalue weighted by Crippen LogP contribution is -2.44. The van der Waals surface area contributed by atoms with Crippen molar-refractivity contribution in [2.75, 3.05) is 4.90 Å². The molecule has 1 aromatic heterocycles. The van der Waals surface area contributed by atoms with Gasteiger partial charge in [0, 0.05) is 11.4 Å². The molecule has 34 heavy (non-hydrogen) atoms. The van der Waals surface area contributed by atoms with Crippen LogP contribution in [0.1, 0.15) is 11.3 Å². The van der Waals surface area contributed by atoms with Gasteiger partial charge in [0.25, 0.3) is 5.91 Å². The molecule has 1 atom stereocenters. The van der Waals surface area contributed by atoms with Gasteiger partial charge in [-0.25, -0.2) is 17.7 Å². The first-order valence-electron chi connectivity index (χ1n) is 10.5. The summed E-state index contributed by atoms with van der Waals surface area (Å²) in [6, 6.07) is 19.5. The summed E-state index contributed by atoms with van der Waals surface area (Å²) >= 11 is 1.37. The van der Waals surface area contributed by atoms with Crippen LogP contribution < -0.4 is 4.90 Å². The number of rotatable bonds is 6. The number of fused-ring (bicyclic) bond motifs is 1. The minimum atomic E-state index is -4.14. The third-order valence-corrected chi connectivity index (χ3v) is 8.49. The van der Waals surface area contributed by atoms with Gasteiger partial charge in [-0.2, -0.15) is 4.31 Å². The summed E-state index contributed by atoms with van der Waals surface area (Å²) in [5.41, 5.74) is 0.207. The van der Waals surface area contributed by atoms with E-state index in [2.05, 4.69) is 0 Å². The highest BCUT2D eigenvalue weighted by molar-refractivity contribution is 7.89. The number of sulfonamides is 1. The smallest absolute Gasteiger partial charge is 0.252 e. The number of imide groups is 1. The molecule has 9 heteroatoms. The van der Waals surface area contributed by atoms with Crippen molar-refractivity contribution in [3.05, 3.63) is 94.9 Å². The molecule has 1 saturated heterocycles. The quantitative estimate of drug-likeness (QED) is 0.368. The average Bonchev–Trinajstić information content (AvgIpc) is 3.45. The molecule has 0 aliphatic carbocycles. The maximum Gasteiger partial charge on any atom is 0.252 e. The molecule has 1 unspecified atom stereocenters. The zero-order valence-electron chi connectivity index (χ0n) is 17.8. The lowest BCUT2D eigenvalue weighted by Gasteiger charge is -2.26. The Bertz CT molecular complexity index is 1490. The third-order valence-electron chi connectivity index (χ3n) is 5.77. The molecular weight excluding hydrogens is 475 g/mol. The molecule has 1 aliphatic heterocycles. The van der Waals surface area contributed by atoms with Gasteiger partial charge in [-0.1, -0.05) is 36.4 Å². The van der Waals surface area contributed by atoms with Crippen LogP contribution in [0, 0.1) is 5.82 Å². The summed E-state index contributed by atoms with van der Waals surface area (Å²) in [7, 11) is -4.14. The highest BCUT2D eigenvalue weighted by Crippen LogP contribution is 2.32. The maximum atomic E-state index is 13.8. The van der Waals surface area contributed by atoms with Crippen LogP contribution in [0.15, 0.2) is 89.1 Å². The Morgan fingerprint density at radius 2 is 1.68 bits per heavy atom. The van der Waals surface area contributed by atoms with Gasteiger partial charge in [0.15, 0.2) is 0 Å². The van der Waals surface area contributed by atoms with Crippen molar-refractivity contribution in [3.8, 4) is 0 Å². The zero-order chi connectivity index (χ0) is 23.9. The molecule has 2 heterocycles. The Morgan fingerprint density at radius 3 is 2.38 bits per heavy atom. The van der Waals surface area contributed by atoms with Gasteiger partial charge in [-0.05, 0) is 58.6 Å². The van der Waals surface area contributed by atoms with E-state index < -0.39 is 33.7 Å². The van der Waals surface area contributed by atoms with Crippen LogP contribution in [0.5, 0.6) is 0 Å². The number of hydrogen-bond acceptors (Lipinski definition) is 5. The van der Waals surface area contributed by atoms with Gasteiger partial charge < -0.3 is 0 Å². The standard InChI is InChI=1S/C25H19FN2O4S2/c26-19-8-10-20(11-9-19)28-24(29)15-23(25(28)30)27(16-21-6-3-13-33-21)34(31,32)22-12-7-17-4-1-2-5-18(17)14-22/h1-14,23H,15-16H2. The van der Waals surface area contributed by atoms with E-state index >= 15 is 0 Å². The number of carbonyl (C=O) groups is 2. The molecule has 1 aliphatic rings. The number of carbonyl (C=O) groups excluding carboxylic acids is 2. The first-order chi connectivity index (χ1) is 16.3. The Labute approximate surface area is 199 Å². The fraction of sp³-hybridized carbons (Fsp3) is 0.120. The molecule has 0 radical (unpaired) electrons. The second-order valence-corrected chi connectivity index (χ2v) is 10.8. The molecule has 1 fully saturated rings. The fourth-order valence-electron chi connectivity index (χ4n) is 4.08. The number of benzene rings is 3. The Hall–Kier alpha value is -3.40. The van der Waals surface area contributed by atoms with E-state index in [-0.39, 0.29) is 23.5 Å². The monoisotopic (exact) mass is 494 g/mol. The molecule has 0 saturated carbocycles. The largest absolute Gasteiger partial charge is 0.274 e. The van der Waals surface area contributed by atoms with Crippen LogP contribution >= 0.6 is 11.3 Å². The number of nitrogens with zero attached hydrogens (tertiary/aromatic N) is 2. The van der Waals surface area contributed by atoms with E-state index in [1.54, 1.807) is 24.3 Å². The van der Waals surface area contributed by atoms with Crippen LogP contribution in [0.3, 0.4) is 0 Å². The van der Waals surface area contributed by atoms with Crippen molar-refractivity contribution >= 4 is 49.6 Å². The molecule has 5 rings (SSSR count). The van der Waals surface area contributed by atoms with Crippen LogP contribution in [0.4, 0.5) is 10.1 Å². The van der Waals surface area contributed by atoms with E-state index in [1.165, 1.54) is 29.5 Å². The summed E-state index contributed by atoms with van der Waals surface area (Å²) in [6.07, 6.45) is -0.297. The van der Waals surface area contributed by atoms with Gasteiger partial charge >= 0.3 is 0 Å². The van der Waals surface area contributed by atoms with Gasteiger partial charge in [0.05, 0.1) is 17.0 Å². The second-order valence-electron chi connectivity index (χ2n) is 7.90. The lowest BCUT2D eigenvalue weighted by atomic mass is 10.1. The summed E-state index contributed by atoms with van der Waals surface area (Å²) in [5.74, 6) is -1.69. The summed E-state index contributed by atoms with van der Waals surface area (Å²) < 4.78 is 42.1. The Kier molecular flexibility index (Phi) is 5.76. The minimum Gasteiger partial charge on any atom is -0.274 e. The maximum absolute atomic E-state index is 13.8. The highest BCUT2D eigenvalue weighted by atomic mass is 32.2. The van der Waals surface area contributed by atoms with Crippen molar-refractivity contribution in [3.63, 3.8) is 0 Å². The molecule has 0 spiro atoms. The van der Waals surface area contributed by atoms with Gasteiger partial charge in [-0.15, -0.1) is 11.3 Å². The number of anilines is 1. The van der Waals surface area contributed by atoms with Crippen LogP contribution in [0.2, 0.25) is 0 Å². The van der Waals surface area contributed by atoms with Crippen LogP contribution in [0.25, 0.3) is 10.8 Å². The number of amides is 2. The number of thiophene rings is 1. The van der Waals surface area contributed by atoms with Crippen molar-refractivity contribution in [2.24, 2.45) is 0 Å². The molecule has 2 amide bonds. The molecule has 6 nitrogen and oxygen atoms in total. The normalized spacial score (nSPS) is 16.6. The molecule has 172 valence electrons. The van der Waals surface area contributed by atoms with Gasteiger partial charge in [-0.3, -0.25) is 9.59 Å². The molecule has 0 bridgehead atoms. The van der Waals surface area contributed by atoms with Crippen molar-refractivity contribution in [2.45, 2.75) is 23.9 Å². The SMILES string of the molecule is O=C1CC(N(Cc2cccs2)S(=O)(=O)c2ccc3ccccc3c2)C(=O)N1c1ccc(F)cc1. The van der Waals surface area contributed by atoms with E-state index in [4.69, 9.17) is 0 Å². The van der Waals surface area contributed by atoms with Gasteiger partial charge in [0.1, 0.15) is 11.9 Å². The predicted octanol–water partition coefficient (Wildman–Crippen LogP) is 4.56. The van der Waals surface area contributed by atoms with E-state index in [0.29, 0.717) is 0 Å². The van der Waals surface area contributed by atoms with Crippen LogP contribution in [-0.4, -0.2) is 30.6 Å². The molecule has 0 N–H and O–H groups in total. The van der Waals surface area contributed by atoms with Gasteiger partial charge in [0.2, 0.25) is 15.9 Å². The highest BCUT2D eigenvalue weighted by Gasteiger charge is 2.47.